The molecule has 0 radical (unpaired) electrons. The number of hydrogen-bond donors (Lipinski definition) is 1. The second kappa shape index (κ2) is 18.0. The largest absolute Gasteiger partial charge is 0.491 e. The monoisotopic (exact) mass is 432 g/mol. The highest BCUT2D eigenvalue weighted by molar-refractivity contribution is 5.66. The van der Waals surface area contributed by atoms with E-state index in [1.807, 2.05) is 0 Å². The van der Waals surface area contributed by atoms with Gasteiger partial charge in [0.05, 0.1) is 6.61 Å². The molecule has 4 nitrogen and oxygen atoms in total. The van der Waals surface area contributed by atoms with E-state index in [1.54, 1.807) is 0 Å². The molecule has 0 spiro atoms. The summed E-state index contributed by atoms with van der Waals surface area (Å²) < 4.78 is 6.08. The van der Waals surface area contributed by atoms with Crippen molar-refractivity contribution in [3.63, 3.8) is 0 Å². The van der Waals surface area contributed by atoms with Crippen LogP contribution in [0.15, 0.2) is 17.2 Å². The van der Waals surface area contributed by atoms with Crippen LogP contribution in [0.1, 0.15) is 116 Å². The quantitative estimate of drug-likeness (QED) is 0.171. The highest BCUT2D eigenvalue weighted by atomic mass is 16.5. The van der Waals surface area contributed by atoms with Crippen LogP contribution in [-0.2, 0) is 0 Å². The third-order valence-electron chi connectivity index (χ3n) is 6.06. The summed E-state index contributed by atoms with van der Waals surface area (Å²) in [7, 11) is 0. The zero-order valence-corrected chi connectivity index (χ0v) is 21.1. The molecule has 0 aliphatic rings. The number of benzene rings is 1. The normalized spacial score (nSPS) is 11.0. The summed E-state index contributed by atoms with van der Waals surface area (Å²) in [6.45, 7) is 11.8. The molecule has 0 aliphatic heterocycles. The van der Waals surface area contributed by atoms with Gasteiger partial charge in [0.15, 0.2) is 11.4 Å². The minimum absolute atomic E-state index is 0.719. The summed E-state index contributed by atoms with van der Waals surface area (Å²) in [5.41, 5.74) is 8.84. The third-order valence-corrected chi connectivity index (χ3v) is 6.06. The van der Waals surface area contributed by atoms with Crippen LogP contribution in [0.4, 0.5) is 11.4 Å². The Balaban J connectivity index is 2.81. The summed E-state index contributed by atoms with van der Waals surface area (Å²) in [6.07, 6.45) is 18.1. The SMILES string of the molecule is CCCCCCCCN(CCCCCCCC)c1cc(C)c(N=[NH2+])c(OCCCC)c1. The number of nitrogens with two attached hydrogens (primary N) is 1. The van der Waals surface area contributed by atoms with Crippen LogP contribution in [-0.4, -0.2) is 19.7 Å². The van der Waals surface area contributed by atoms with E-state index in [0.717, 1.165) is 49.5 Å². The Morgan fingerprint density at radius 3 is 1.77 bits per heavy atom. The van der Waals surface area contributed by atoms with E-state index in [9.17, 15) is 0 Å². The summed E-state index contributed by atoms with van der Waals surface area (Å²) in [5, 5.41) is 4.01. The molecule has 2 N–H and O–H groups in total. The van der Waals surface area contributed by atoms with Crippen molar-refractivity contribution in [1.82, 2.24) is 0 Å². The molecule has 31 heavy (non-hydrogen) atoms. The molecule has 0 aromatic heterocycles. The van der Waals surface area contributed by atoms with Gasteiger partial charge in [-0.1, -0.05) is 91.4 Å². The Bertz CT molecular complexity index is 572. The van der Waals surface area contributed by atoms with Crippen molar-refractivity contribution in [2.75, 3.05) is 24.6 Å². The zero-order chi connectivity index (χ0) is 22.7. The molecule has 178 valence electrons. The van der Waals surface area contributed by atoms with Crippen LogP contribution in [0, 0.1) is 6.92 Å². The molecule has 1 rings (SSSR count). The van der Waals surface area contributed by atoms with Gasteiger partial charge in [0.2, 0.25) is 0 Å². The van der Waals surface area contributed by atoms with Gasteiger partial charge in [0, 0.05) is 24.8 Å². The molecular formula is C27H50N3O+. The Hall–Kier alpha value is -1.58. The maximum Gasteiger partial charge on any atom is 0.174 e. The molecular weight excluding hydrogens is 382 g/mol. The fraction of sp³-hybridized carbons (Fsp3) is 0.778. The van der Waals surface area contributed by atoms with Crippen molar-refractivity contribution in [1.29, 1.82) is 0 Å². The molecule has 0 aliphatic carbocycles. The average molecular weight is 433 g/mol. The molecule has 0 saturated heterocycles. The van der Waals surface area contributed by atoms with Gasteiger partial charge in [0.1, 0.15) is 0 Å². The first-order valence-corrected chi connectivity index (χ1v) is 13.1. The van der Waals surface area contributed by atoms with Crippen LogP contribution >= 0.6 is 0 Å². The molecule has 4 heteroatoms. The van der Waals surface area contributed by atoms with Gasteiger partial charge in [-0.25, -0.2) is 0 Å². The maximum absolute atomic E-state index is 6.08. The standard InChI is InChI=1S/C27H49N3O/c1-5-8-11-13-15-17-19-30(20-18-16-14-12-9-6-2)25-22-24(4)27(29-28)26(23-25)31-21-10-7-3/h22-23,28H,5-21H2,1-4H3/p+1. The van der Waals surface area contributed by atoms with E-state index in [2.05, 4.69) is 49.8 Å². The molecule has 0 atom stereocenters. The summed E-state index contributed by atoms with van der Waals surface area (Å²) in [5.74, 6) is 0.835. The molecule has 0 fully saturated rings. The van der Waals surface area contributed by atoms with Gasteiger partial charge in [-0.15, -0.1) is 0 Å². The lowest BCUT2D eigenvalue weighted by molar-refractivity contribution is -0.210. The topological polar surface area (TPSA) is 50.4 Å². The lowest BCUT2D eigenvalue weighted by atomic mass is 10.1. The van der Waals surface area contributed by atoms with Gasteiger partial charge in [-0.3, -0.25) is 0 Å². The Morgan fingerprint density at radius 1 is 0.742 bits per heavy atom. The second-order valence-corrected chi connectivity index (χ2v) is 8.96. The number of aryl methyl sites for hydroxylation is 1. The number of hydrogen-bond acceptors (Lipinski definition) is 3. The van der Waals surface area contributed by atoms with Gasteiger partial charge in [-0.05, 0) is 42.9 Å². The molecule has 1 aromatic carbocycles. The predicted octanol–water partition coefficient (Wildman–Crippen LogP) is 7.54. The smallest absolute Gasteiger partial charge is 0.174 e. The summed E-state index contributed by atoms with van der Waals surface area (Å²) >= 11 is 0. The maximum atomic E-state index is 6.08. The third kappa shape index (κ3) is 11.6. The van der Waals surface area contributed by atoms with Gasteiger partial charge in [-0.2, -0.15) is 5.53 Å². The minimum Gasteiger partial charge on any atom is -0.491 e. The Labute approximate surface area is 192 Å². The lowest BCUT2D eigenvalue weighted by Gasteiger charge is -2.26. The van der Waals surface area contributed by atoms with Crippen molar-refractivity contribution < 1.29 is 10.3 Å². The van der Waals surface area contributed by atoms with E-state index >= 15 is 0 Å². The first-order valence-electron chi connectivity index (χ1n) is 13.1. The first kappa shape index (κ1) is 27.5. The van der Waals surface area contributed by atoms with Crippen LogP contribution < -0.4 is 15.2 Å². The molecule has 0 saturated carbocycles. The second-order valence-electron chi connectivity index (χ2n) is 8.96. The Morgan fingerprint density at radius 2 is 1.26 bits per heavy atom. The zero-order valence-electron chi connectivity index (χ0n) is 21.1. The Kier molecular flexibility index (Phi) is 16.0. The highest BCUT2D eigenvalue weighted by Gasteiger charge is 2.15. The fourth-order valence-electron chi connectivity index (χ4n) is 4.05. The van der Waals surface area contributed by atoms with Crippen molar-refractivity contribution in [2.24, 2.45) is 5.11 Å². The lowest BCUT2D eigenvalue weighted by Crippen LogP contribution is -2.26. The van der Waals surface area contributed by atoms with Gasteiger partial charge >= 0.3 is 0 Å². The first-order chi connectivity index (χ1) is 15.2. The number of ether oxygens (including phenoxy) is 1. The van der Waals surface area contributed by atoms with E-state index in [0.29, 0.717) is 0 Å². The molecule has 0 unspecified atom stereocenters. The van der Waals surface area contributed by atoms with E-state index in [4.69, 9.17) is 10.3 Å². The average Bonchev–Trinajstić information content (AvgIpc) is 2.77. The van der Waals surface area contributed by atoms with Crippen molar-refractivity contribution in [3.05, 3.63) is 17.7 Å². The van der Waals surface area contributed by atoms with Crippen LogP contribution in [0.25, 0.3) is 0 Å². The number of rotatable bonds is 20. The van der Waals surface area contributed by atoms with Crippen molar-refractivity contribution >= 4 is 11.4 Å². The van der Waals surface area contributed by atoms with Crippen LogP contribution in [0.2, 0.25) is 0 Å². The van der Waals surface area contributed by atoms with Gasteiger partial charge in [0.25, 0.3) is 0 Å². The summed E-state index contributed by atoms with van der Waals surface area (Å²) in [6, 6.07) is 4.41. The minimum atomic E-state index is 0.719. The van der Waals surface area contributed by atoms with E-state index < -0.39 is 0 Å². The number of anilines is 1. The van der Waals surface area contributed by atoms with Gasteiger partial charge < -0.3 is 9.64 Å². The van der Waals surface area contributed by atoms with Crippen molar-refractivity contribution in [2.45, 2.75) is 118 Å². The van der Waals surface area contributed by atoms with Crippen molar-refractivity contribution in [3.8, 4) is 5.75 Å². The van der Waals surface area contributed by atoms with E-state index in [-0.39, 0.29) is 0 Å². The van der Waals surface area contributed by atoms with Crippen LogP contribution in [0.3, 0.4) is 0 Å². The number of unbranched alkanes of at least 4 members (excludes halogenated alkanes) is 11. The molecule has 1 aromatic rings. The highest BCUT2D eigenvalue weighted by Crippen LogP contribution is 2.36. The fourth-order valence-corrected chi connectivity index (χ4v) is 4.05. The summed E-state index contributed by atoms with van der Waals surface area (Å²) in [4.78, 5) is 2.57. The van der Waals surface area contributed by atoms with E-state index in [1.165, 1.54) is 82.7 Å². The molecule has 0 amide bonds. The molecule has 0 heterocycles. The molecule has 0 bridgehead atoms. The number of nitrogens with zero attached hydrogens (tertiary/aromatic N) is 2. The van der Waals surface area contributed by atoms with Crippen LogP contribution in [0.5, 0.6) is 5.75 Å². The predicted molar refractivity (Wildman–Crippen MR) is 135 cm³/mol.